The molecule has 0 spiro atoms. The van der Waals surface area contributed by atoms with Crippen LogP contribution in [-0.2, 0) is 15.8 Å². The van der Waals surface area contributed by atoms with Gasteiger partial charge in [-0.2, -0.15) is 4.31 Å². The van der Waals surface area contributed by atoms with Crippen LogP contribution >= 0.6 is 0 Å². The van der Waals surface area contributed by atoms with Crippen molar-refractivity contribution in [2.75, 3.05) is 26.2 Å². The highest BCUT2D eigenvalue weighted by Crippen LogP contribution is 2.28. The molecule has 0 amide bonds. The standard InChI is InChI=1S/C15H22N2O2S/c1-13-4-2-3-5-14(13)12-20(18,19)17-10-8-16(9-11-17)15-6-7-15/h2-5,15H,6-12H2,1H3. The van der Waals surface area contributed by atoms with Crippen LogP contribution in [0.3, 0.4) is 0 Å². The molecular weight excluding hydrogens is 272 g/mol. The number of piperazine rings is 1. The third kappa shape index (κ3) is 3.05. The number of benzene rings is 1. The van der Waals surface area contributed by atoms with E-state index in [1.165, 1.54) is 12.8 Å². The quantitative estimate of drug-likeness (QED) is 0.847. The molecule has 1 aromatic rings. The fraction of sp³-hybridized carbons (Fsp3) is 0.600. The first-order valence-electron chi connectivity index (χ1n) is 7.33. The number of nitrogens with zero attached hydrogens (tertiary/aromatic N) is 2. The summed E-state index contributed by atoms with van der Waals surface area (Å²) in [5.41, 5.74) is 1.96. The minimum absolute atomic E-state index is 0.128. The Labute approximate surface area is 121 Å². The number of sulfonamides is 1. The van der Waals surface area contributed by atoms with Crippen LogP contribution in [0.15, 0.2) is 24.3 Å². The van der Waals surface area contributed by atoms with Gasteiger partial charge in [0.2, 0.25) is 10.0 Å². The predicted octanol–water partition coefficient (Wildman–Crippen LogP) is 1.60. The molecule has 0 aromatic heterocycles. The van der Waals surface area contributed by atoms with E-state index in [1.807, 2.05) is 31.2 Å². The van der Waals surface area contributed by atoms with Crippen LogP contribution in [0.25, 0.3) is 0 Å². The van der Waals surface area contributed by atoms with Crippen molar-refractivity contribution in [1.29, 1.82) is 0 Å². The summed E-state index contributed by atoms with van der Waals surface area (Å²) in [6, 6.07) is 8.46. The van der Waals surface area contributed by atoms with Crippen LogP contribution in [-0.4, -0.2) is 49.8 Å². The van der Waals surface area contributed by atoms with Crippen LogP contribution in [0.2, 0.25) is 0 Å². The molecule has 1 aliphatic heterocycles. The molecule has 0 atom stereocenters. The Bertz CT molecular complexity index is 573. The second-order valence-electron chi connectivity index (χ2n) is 5.85. The Kier molecular flexibility index (Phi) is 3.84. The fourth-order valence-corrected chi connectivity index (χ4v) is 4.47. The summed E-state index contributed by atoms with van der Waals surface area (Å²) >= 11 is 0. The number of hydrogen-bond acceptors (Lipinski definition) is 3. The molecule has 1 saturated carbocycles. The molecule has 0 radical (unpaired) electrons. The highest BCUT2D eigenvalue weighted by molar-refractivity contribution is 7.88. The van der Waals surface area contributed by atoms with E-state index in [0.717, 1.165) is 30.3 Å². The zero-order chi connectivity index (χ0) is 14.2. The van der Waals surface area contributed by atoms with Gasteiger partial charge in [0, 0.05) is 32.2 Å². The Morgan fingerprint density at radius 2 is 1.75 bits per heavy atom. The van der Waals surface area contributed by atoms with Gasteiger partial charge < -0.3 is 0 Å². The first-order chi connectivity index (χ1) is 9.56. The van der Waals surface area contributed by atoms with E-state index in [0.29, 0.717) is 13.1 Å². The lowest BCUT2D eigenvalue weighted by atomic mass is 10.1. The van der Waals surface area contributed by atoms with Gasteiger partial charge in [-0.05, 0) is 30.9 Å². The summed E-state index contributed by atoms with van der Waals surface area (Å²) in [7, 11) is -3.18. The molecule has 5 heteroatoms. The number of hydrogen-bond donors (Lipinski definition) is 0. The van der Waals surface area contributed by atoms with Crippen LogP contribution in [0.4, 0.5) is 0 Å². The Morgan fingerprint density at radius 3 is 2.35 bits per heavy atom. The molecule has 1 saturated heterocycles. The molecule has 1 heterocycles. The maximum atomic E-state index is 12.5. The zero-order valence-electron chi connectivity index (χ0n) is 12.0. The van der Waals surface area contributed by atoms with E-state index in [-0.39, 0.29) is 5.75 Å². The lowest BCUT2D eigenvalue weighted by molar-refractivity contribution is 0.180. The molecule has 0 N–H and O–H groups in total. The SMILES string of the molecule is Cc1ccccc1CS(=O)(=O)N1CCN(C2CC2)CC1. The van der Waals surface area contributed by atoms with Gasteiger partial charge in [-0.1, -0.05) is 24.3 Å². The van der Waals surface area contributed by atoms with Crippen molar-refractivity contribution in [3.8, 4) is 0 Å². The molecule has 2 fully saturated rings. The van der Waals surface area contributed by atoms with E-state index < -0.39 is 10.0 Å². The first kappa shape index (κ1) is 14.0. The molecule has 4 nitrogen and oxygen atoms in total. The second kappa shape index (κ2) is 5.47. The van der Waals surface area contributed by atoms with E-state index in [4.69, 9.17) is 0 Å². The van der Waals surface area contributed by atoms with Crippen molar-refractivity contribution < 1.29 is 8.42 Å². The van der Waals surface area contributed by atoms with E-state index >= 15 is 0 Å². The van der Waals surface area contributed by atoms with Gasteiger partial charge >= 0.3 is 0 Å². The average molecular weight is 294 g/mol. The van der Waals surface area contributed by atoms with E-state index in [9.17, 15) is 8.42 Å². The van der Waals surface area contributed by atoms with Gasteiger partial charge in [0.15, 0.2) is 0 Å². The minimum Gasteiger partial charge on any atom is -0.298 e. The summed E-state index contributed by atoms with van der Waals surface area (Å²) in [6.07, 6.45) is 2.58. The lowest BCUT2D eigenvalue weighted by Gasteiger charge is -2.34. The monoisotopic (exact) mass is 294 g/mol. The van der Waals surface area contributed by atoms with Crippen molar-refractivity contribution in [3.05, 3.63) is 35.4 Å². The summed E-state index contributed by atoms with van der Waals surface area (Å²) in [5.74, 6) is 0.128. The van der Waals surface area contributed by atoms with Gasteiger partial charge in [0.05, 0.1) is 5.75 Å². The lowest BCUT2D eigenvalue weighted by Crippen LogP contribution is -2.49. The van der Waals surface area contributed by atoms with Gasteiger partial charge in [0.1, 0.15) is 0 Å². The maximum absolute atomic E-state index is 12.5. The van der Waals surface area contributed by atoms with Gasteiger partial charge in [-0.3, -0.25) is 4.90 Å². The molecule has 20 heavy (non-hydrogen) atoms. The molecule has 3 rings (SSSR count). The molecule has 2 aliphatic rings. The second-order valence-corrected chi connectivity index (χ2v) is 7.82. The summed E-state index contributed by atoms with van der Waals surface area (Å²) < 4.78 is 26.7. The van der Waals surface area contributed by atoms with Gasteiger partial charge in [-0.25, -0.2) is 8.42 Å². The molecule has 1 aromatic carbocycles. The highest BCUT2D eigenvalue weighted by atomic mass is 32.2. The molecule has 110 valence electrons. The average Bonchev–Trinajstić information content (AvgIpc) is 3.26. The summed E-state index contributed by atoms with van der Waals surface area (Å²) in [4.78, 5) is 2.43. The van der Waals surface area contributed by atoms with Crippen molar-refractivity contribution in [2.45, 2.75) is 31.6 Å². The Morgan fingerprint density at radius 1 is 1.10 bits per heavy atom. The highest BCUT2D eigenvalue weighted by Gasteiger charge is 2.34. The summed E-state index contributed by atoms with van der Waals surface area (Å²) in [5, 5.41) is 0. The number of aryl methyl sites for hydroxylation is 1. The predicted molar refractivity (Wildman–Crippen MR) is 80.0 cm³/mol. The van der Waals surface area contributed by atoms with E-state index in [1.54, 1.807) is 4.31 Å². The molecular formula is C15H22N2O2S. The fourth-order valence-electron chi connectivity index (χ4n) is 2.85. The van der Waals surface area contributed by atoms with Crippen molar-refractivity contribution in [3.63, 3.8) is 0 Å². The van der Waals surface area contributed by atoms with Crippen LogP contribution in [0.1, 0.15) is 24.0 Å². The van der Waals surface area contributed by atoms with Gasteiger partial charge in [-0.15, -0.1) is 0 Å². The first-order valence-corrected chi connectivity index (χ1v) is 8.93. The third-order valence-corrected chi connectivity index (χ3v) is 6.16. The normalized spacial score (nSPS) is 22.1. The smallest absolute Gasteiger partial charge is 0.218 e. The van der Waals surface area contributed by atoms with Crippen LogP contribution < -0.4 is 0 Å². The Balaban J connectivity index is 1.65. The maximum Gasteiger partial charge on any atom is 0.218 e. The molecule has 1 aliphatic carbocycles. The largest absolute Gasteiger partial charge is 0.298 e. The number of rotatable bonds is 4. The molecule has 0 unspecified atom stereocenters. The minimum atomic E-state index is -3.18. The van der Waals surface area contributed by atoms with E-state index in [2.05, 4.69) is 4.90 Å². The van der Waals surface area contributed by atoms with Crippen molar-refractivity contribution in [2.24, 2.45) is 0 Å². The zero-order valence-corrected chi connectivity index (χ0v) is 12.8. The molecule has 0 bridgehead atoms. The van der Waals surface area contributed by atoms with Crippen LogP contribution in [0, 0.1) is 6.92 Å². The summed E-state index contributed by atoms with van der Waals surface area (Å²) in [6.45, 7) is 5.03. The Hall–Kier alpha value is -0.910. The van der Waals surface area contributed by atoms with Crippen molar-refractivity contribution in [1.82, 2.24) is 9.21 Å². The third-order valence-electron chi connectivity index (χ3n) is 4.33. The van der Waals surface area contributed by atoms with Crippen molar-refractivity contribution >= 4 is 10.0 Å². The van der Waals surface area contributed by atoms with Gasteiger partial charge in [0.25, 0.3) is 0 Å². The van der Waals surface area contributed by atoms with Crippen LogP contribution in [0.5, 0.6) is 0 Å². The topological polar surface area (TPSA) is 40.6 Å².